The molecule has 0 aromatic rings. The molecular formula is C13H25NO2. The number of hydrogen-bond acceptors (Lipinski definition) is 3. The van der Waals surface area contributed by atoms with Crippen LogP contribution in [0.4, 0.5) is 0 Å². The summed E-state index contributed by atoms with van der Waals surface area (Å²) in [4.78, 5) is 0. The van der Waals surface area contributed by atoms with E-state index < -0.39 is 5.60 Å². The Hall–Kier alpha value is -0.120. The van der Waals surface area contributed by atoms with Crippen LogP contribution in [0.2, 0.25) is 0 Å². The summed E-state index contributed by atoms with van der Waals surface area (Å²) in [5.41, 5.74) is -0.417. The van der Waals surface area contributed by atoms with Gasteiger partial charge in [-0.05, 0) is 38.5 Å². The quantitative estimate of drug-likeness (QED) is 0.768. The maximum atomic E-state index is 10.3. The lowest BCUT2D eigenvalue weighted by Gasteiger charge is -2.31. The second-order valence-corrected chi connectivity index (χ2v) is 5.55. The van der Waals surface area contributed by atoms with Crippen LogP contribution in [0.25, 0.3) is 0 Å². The summed E-state index contributed by atoms with van der Waals surface area (Å²) in [6.07, 6.45) is 6.63. The normalized spacial score (nSPS) is 28.1. The van der Waals surface area contributed by atoms with Crippen LogP contribution >= 0.6 is 0 Å². The fraction of sp³-hybridized carbons (Fsp3) is 1.00. The number of aliphatic hydroxyl groups is 1. The Balaban J connectivity index is 1.71. The van der Waals surface area contributed by atoms with Crippen LogP contribution in [0.1, 0.15) is 45.4 Å². The summed E-state index contributed by atoms with van der Waals surface area (Å²) in [6, 6.07) is 0.508. The molecule has 2 aliphatic rings. The Morgan fingerprint density at radius 1 is 1.31 bits per heavy atom. The van der Waals surface area contributed by atoms with Crippen molar-refractivity contribution in [3.63, 3.8) is 0 Å². The smallest absolute Gasteiger partial charge is 0.0771 e. The van der Waals surface area contributed by atoms with Crippen LogP contribution in [-0.2, 0) is 4.74 Å². The first-order valence-electron chi connectivity index (χ1n) is 6.73. The summed E-state index contributed by atoms with van der Waals surface area (Å²) in [5, 5.41) is 13.8. The van der Waals surface area contributed by atoms with Gasteiger partial charge in [-0.25, -0.2) is 0 Å². The van der Waals surface area contributed by atoms with Gasteiger partial charge in [0.05, 0.1) is 5.60 Å². The van der Waals surface area contributed by atoms with Gasteiger partial charge in [0.2, 0.25) is 0 Å². The Morgan fingerprint density at radius 2 is 1.94 bits per heavy atom. The first kappa shape index (κ1) is 12.3. The molecule has 1 atom stereocenters. The molecule has 94 valence electrons. The molecule has 0 spiro atoms. The largest absolute Gasteiger partial charge is 0.389 e. The summed E-state index contributed by atoms with van der Waals surface area (Å²) in [6.45, 7) is 4.82. The predicted octanol–water partition coefficient (Wildman–Crippen LogP) is 1.70. The highest BCUT2D eigenvalue weighted by atomic mass is 16.5. The van der Waals surface area contributed by atoms with Gasteiger partial charge in [0.15, 0.2) is 0 Å². The third kappa shape index (κ3) is 3.19. The Morgan fingerprint density at radius 3 is 2.56 bits per heavy atom. The minimum atomic E-state index is -0.417. The Kier molecular flexibility index (Phi) is 4.22. The highest BCUT2D eigenvalue weighted by molar-refractivity contribution is 4.88. The summed E-state index contributed by atoms with van der Waals surface area (Å²) in [5.74, 6) is 0.721. The van der Waals surface area contributed by atoms with Crippen molar-refractivity contribution in [2.45, 2.75) is 57.1 Å². The zero-order valence-corrected chi connectivity index (χ0v) is 10.4. The van der Waals surface area contributed by atoms with Crippen LogP contribution < -0.4 is 5.32 Å². The van der Waals surface area contributed by atoms with Gasteiger partial charge in [-0.2, -0.15) is 0 Å². The molecule has 1 saturated heterocycles. The summed E-state index contributed by atoms with van der Waals surface area (Å²) >= 11 is 0. The van der Waals surface area contributed by atoms with Gasteiger partial charge in [0, 0.05) is 25.8 Å². The van der Waals surface area contributed by atoms with Gasteiger partial charge < -0.3 is 15.2 Å². The average Bonchev–Trinajstić information content (AvgIpc) is 2.75. The maximum absolute atomic E-state index is 10.3. The lowest BCUT2D eigenvalue weighted by Crippen LogP contribution is -2.45. The molecule has 0 aromatic carbocycles. The van der Waals surface area contributed by atoms with E-state index in [0.29, 0.717) is 6.04 Å². The Labute approximate surface area is 98.6 Å². The van der Waals surface area contributed by atoms with Crippen LogP contribution in [0, 0.1) is 5.92 Å². The van der Waals surface area contributed by atoms with Crippen molar-refractivity contribution in [3.05, 3.63) is 0 Å². The molecule has 1 aliphatic heterocycles. The second kappa shape index (κ2) is 5.48. The monoisotopic (exact) mass is 227 g/mol. The van der Waals surface area contributed by atoms with E-state index in [1.54, 1.807) is 0 Å². The number of rotatable bonds is 4. The van der Waals surface area contributed by atoms with Crippen molar-refractivity contribution in [2.24, 2.45) is 5.92 Å². The molecule has 1 heterocycles. The minimum Gasteiger partial charge on any atom is -0.389 e. The van der Waals surface area contributed by atoms with Gasteiger partial charge in [-0.3, -0.25) is 0 Å². The molecule has 3 nitrogen and oxygen atoms in total. The zero-order chi connectivity index (χ0) is 11.4. The van der Waals surface area contributed by atoms with Gasteiger partial charge in [0.1, 0.15) is 0 Å². The van der Waals surface area contributed by atoms with E-state index in [0.717, 1.165) is 51.4 Å². The van der Waals surface area contributed by atoms with Crippen LogP contribution in [-0.4, -0.2) is 36.5 Å². The van der Waals surface area contributed by atoms with E-state index in [9.17, 15) is 5.11 Å². The predicted molar refractivity (Wildman–Crippen MR) is 64.4 cm³/mol. The van der Waals surface area contributed by atoms with Crippen molar-refractivity contribution in [1.29, 1.82) is 0 Å². The average molecular weight is 227 g/mol. The molecule has 1 unspecified atom stereocenters. The molecule has 0 aromatic heterocycles. The van der Waals surface area contributed by atoms with Crippen LogP contribution in [0.15, 0.2) is 0 Å². The molecular weight excluding hydrogens is 202 g/mol. The van der Waals surface area contributed by atoms with E-state index in [2.05, 4.69) is 12.2 Å². The van der Waals surface area contributed by atoms with Crippen molar-refractivity contribution in [2.75, 3.05) is 19.8 Å². The fourth-order valence-corrected chi connectivity index (χ4v) is 2.94. The van der Waals surface area contributed by atoms with Crippen molar-refractivity contribution in [1.82, 2.24) is 5.32 Å². The maximum Gasteiger partial charge on any atom is 0.0771 e. The van der Waals surface area contributed by atoms with Crippen molar-refractivity contribution >= 4 is 0 Å². The fourth-order valence-electron chi connectivity index (χ4n) is 2.94. The molecule has 2 N–H and O–H groups in total. The lowest BCUT2D eigenvalue weighted by molar-refractivity contribution is 0.0312. The summed E-state index contributed by atoms with van der Waals surface area (Å²) < 4.78 is 5.37. The van der Waals surface area contributed by atoms with Crippen LogP contribution in [0.5, 0.6) is 0 Å². The summed E-state index contributed by atoms with van der Waals surface area (Å²) in [7, 11) is 0. The first-order valence-corrected chi connectivity index (χ1v) is 6.73. The molecule has 0 amide bonds. The molecule has 1 aliphatic carbocycles. The molecule has 0 radical (unpaired) electrons. The van der Waals surface area contributed by atoms with Gasteiger partial charge in [-0.1, -0.05) is 12.8 Å². The first-order chi connectivity index (χ1) is 7.70. The van der Waals surface area contributed by atoms with Crippen molar-refractivity contribution in [3.8, 4) is 0 Å². The topological polar surface area (TPSA) is 41.5 Å². The van der Waals surface area contributed by atoms with E-state index >= 15 is 0 Å². The van der Waals surface area contributed by atoms with E-state index in [1.165, 1.54) is 12.8 Å². The number of nitrogens with one attached hydrogen (secondary N) is 1. The highest BCUT2D eigenvalue weighted by Gasteiger charge is 2.31. The molecule has 16 heavy (non-hydrogen) atoms. The third-order valence-electron chi connectivity index (χ3n) is 4.26. The van der Waals surface area contributed by atoms with Gasteiger partial charge >= 0.3 is 0 Å². The second-order valence-electron chi connectivity index (χ2n) is 5.55. The molecule has 2 rings (SSSR count). The third-order valence-corrected chi connectivity index (χ3v) is 4.26. The van der Waals surface area contributed by atoms with Crippen molar-refractivity contribution < 1.29 is 9.84 Å². The molecule has 3 heteroatoms. The number of ether oxygens (including phenoxy) is 1. The molecule has 1 saturated carbocycles. The Bertz CT molecular complexity index is 208. The van der Waals surface area contributed by atoms with E-state index in [1.807, 2.05) is 0 Å². The standard InChI is InChI=1S/C13H25NO2/c1-11(12-4-8-16-9-5-12)14-10-13(15)6-2-3-7-13/h11-12,14-15H,2-10H2,1H3. The molecule has 0 bridgehead atoms. The minimum absolute atomic E-state index is 0.417. The molecule has 2 fully saturated rings. The number of hydrogen-bond donors (Lipinski definition) is 2. The zero-order valence-electron chi connectivity index (χ0n) is 10.4. The highest BCUT2D eigenvalue weighted by Crippen LogP contribution is 2.29. The lowest BCUT2D eigenvalue weighted by atomic mass is 9.92. The van der Waals surface area contributed by atoms with E-state index in [-0.39, 0.29) is 0 Å². The van der Waals surface area contributed by atoms with E-state index in [4.69, 9.17) is 4.74 Å². The van der Waals surface area contributed by atoms with Crippen LogP contribution in [0.3, 0.4) is 0 Å². The van der Waals surface area contributed by atoms with Gasteiger partial charge in [0.25, 0.3) is 0 Å². The van der Waals surface area contributed by atoms with Gasteiger partial charge in [-0.15, -0.1) is 0 Å². The SMILES string of the molecule is CC(NCC1(O)CCCC1)C1CCOCC1.